The first-order valence-electron chi connectivity index (χ1n) is 6.20. The van der Waals surface area contributed by atoms with E-state index in [-0.39, 0.29) is 10.7 Å². The molecule has 0 amide bonds. The minimum Gasteiger partial charge on any atom is -0.277 e. The van der Waals surface area contributed by atoms with Crippen LogP contribution >= 0.6 is 27.5 Å². The minimum atomic E-state index is -4.43. The molecule has 2 rings (SSSR count). The van der Waals surface area contributed by atoms with Gasteiger partial charge in [-0.15, -0.1) is 0 Å². The highest BCUT2D eigenvalue weighted by Crippen LogP contribution is 2.33. The van der Waals surface area contributed by atoms with E-state index >= 15 is 0 Å². The van der Waals surface area contributed by atoms with Crippen molar-refractivity contribution in [1.82, 2.24) is 0 Å². The number of rotatable bonds is 3. The molecule has 0 aliphatic rings. The summed E-state index contributed by atoms with van der Waals surface area (Å²) in [6, 6.07) is 10.5. The van der Waals surface area contributed by atoms with Crippen molar-refractivity contribution < 1.29 is 13.2 Å². The number of hydrazone groups is 1. The third-order valence-corrected chi connectivity index (χ3v) is 3.70. The van der Waals surface area contributed by atoms with Gasteiger partial charge in [-0.1, -0.05) is 39.7 Å². The van der Waals surface area contributed by atoms with Crippen LogP contribution in [-0.4, -0.2) is 5.71 Å². The zero-order valence-electron chi connectivity index (χ0n) is 11.4. The van der Waals surface area contributed by atoms with Crippen molar-refractivity contribution in [2.45, 2.75) is 13.1 Å². The normalized spacial score (nSPS) is 12.4. The van der Waals surface area contributed by atoms with Crippen LogP contribution in [0.5, 0.6) is 0 Å². The van der Waals surface area contributed by atoms with Gasteiger partial charge in [-0.2, -0.15) is 18.3 Å². The number of nitrogens with one attached hydrogen (secondary N) is 1. The molecule has 0 unspecified atom stereocenters. The fourth-order valence-corrected chi connectivity index (χ4v) is 2.27. The summed E-state index contributed by atoms with van der Waals surface area (Å²) in [5.41, 5.74) is 3.36. The van der Waals surface area contributed by atoms with Crippen LogP contribution in [0.2, 0.25) is 5.02 Å². The molecule has 116 valence electrons. The molecule has 0 atom stereocenters. The van der Waals surface area contributed by atoms with E-state index in [1.165, 1.54) is 6.07 Å². The molecule has 0 aliphatic heterocycles. The van der Waals surface area contributed by atoms with Crippen LogP contribution in [0.15, 0.2) is 52.0 Å². The summed E-state index contributed by atoms with van der Waals surface area (Å²) in [5, 5.41) is 4.25. The van der Waals surface area contributed by atoms with Gasteiger partial charge in [0.1, 0.15) is 0 Å². The summed E-state index contributed by atoms with van der Waals surface area (Å²) in [7, 11) is 0. The lowest BCUT2D eigenvalue weighted by molar-refractivity contribution is -0.137. The first-order chi connectivity index (χ1) is 10.3. The first kappa shape index (κ1) is 16.8. The summed E-state index contributed by atoms with van der Waals surface area (Å²) >= 11 is 9.24. The number of nitrogens with zero attached hydrogens (tertiary/aromatic N) is 1. The predicted molar refractivity (Wildman–Crippen MR) is 86.4 cm³/mol. The fraction of sp³-hybridized carbons (Fsp3) is 0.133. The summed E-state index contributed by atoms with van der Waals surface area (Å²) in [4.78, 5) is 0. The highest BCUT2D eigenvalue weighted by molar-refractivity contribution is 9.10. The molecule has 0 aromatic heterocycles. The molecule has 0 radical (unpaired) electrons. The third kappa shape index (κ3) is 4.24. The Kier molecular flexibility index (Phi) is 5.13. The van der Waals surface area contributed by atoms with E-state index in [1.54, 1.807) is 6.92 Å². The fourth-order valence-electron chi connectivity index (χ4n) is 1.71. The van der Waals surface area contributed by atoms with Crippen LogP contribution in [0.1, 0.15) is 18.1 Å². The highest BCUT2D eigenvalue weighted by Gasteiger charge is 2.30. The zero-order valence-corrected chi connectivity index (χ0v) is 13.7. The van der Waals surface area contributed by atoms with Gasteiger partial charge in [0.25, 0.3) is 0 Å². The number of anilines is 1. The number of hydrogen-bond donors (Lipinski definition) is 1. The average molecular weight is 392 g/mol. The SMILES string of the molecule is C/C(=N/Nc1cc(C(F)(F)F)ccc1Cl)c1cccc(Br)c1. The summed E-state index contributed by atoms with van der Waals surface area (Å²) in [6.07, 6.45) is -4.43. The van der Waals surface area contributed by atoms with Crippen molar-refractivity contribution in [3.05, 3.63) is 63.1 Å². The third-order valence-electron chi connectivity index (χ3n) is 2.88. The van der Waals surface area contributed by atoms with Gasteiger partial charge >= 0.3 is 6.18 Å². The van der Waals surface area contributed by atoms with Gasteiger partial charge < -0.3 is 0 Å². The number of alkyl halides is 3. The van der Waals surface area contributed by atoms with Gasteiger partial charge in [0.15, 0.2) is 0 Å². The lowest BCUT2D eigenvalue weighted by Crippen LogP contribution is -2.06. The lowest BCUT2D eigenvalue weighted by Gasteiger charge is -2.10. The molecule has 0 saturated carbocycles. The first-order valence-corrected chi connectivity index (χ1v) is 7.37. The van der Waals surface area contributed by atoms with Crippen LogP contribution in [0.4, 0.5) is 18.9 Å². The van der Waals surface area contributed by atoms with Gasteiger partial charge in [0.05, 0.1) is 22.0 Å². The number of hydrogen-bond acceptors (Lipinski definition) is 2. The molecule has 22 heavy (non-hydrogen) atoms. The molecule has 0 fully saturated rings. The maximum absolute atomic E-state index is 12.7. The molecule has 2 aromatic rings. The molecule has 0 spiro atoms. The quantitative estimate of drug-likeness (QED) is 0.507. The Morgan fingerprint density at radius 3 is 2.55 bits per heavy atom. The Labute approximate surface area is 139 Å². The van der Waals surface area contributed by atoms with Crippen molar-refractivity contribution in [2.24, 2.45) is 5.10 Å². The minimum absolute atomic E-state index is 0.103. The van der Waals surface area contributed by atoms with Crippen LogP contribution < -0.4 is 5.43 Å². The Hall–Kier alpha value is -1.53. The highest BCUT2D eigenvalue weighted by atomic mass is 79.9. The smallest absolute Gasteiger partial charge is 0.277 e. The van der Waals surface area contributed by atoms with Gasteiger partial charge in [-0.25, -0.2) is 0 Å². The molecule has 0 bridgehead atoms. The van der Waals surface area contributed by atoms with Gasteiger partial charge in [0.2, 0.25) is 0 Å². The van der Waals surface area contributed by atoms with E-state index in [0.29, 0.717) is 5.71 Å². The molecule has 0 heterocycles. The Morgan fingerprint density at radius 2 is 1.91 bits per heavy atom. The van der Waals surface area contributed by atoms with E-state index in [4.69, 9.17) is 11.6 Å². The van der Waals surface area contributed by atoms with Gasteiger partial charge in [0, 0.05) is 4.47 Å². The van der Waals surface area contributed by atoms with E-state index in [2.05, 4.69) is 26.5 Å². The van der Waals surface area contributed by atoms with Crippen molar-refractivity contribution >= 4 is 38.9 Å². The maximum Gasteiger partial charge on any atom is 0.416 e. The van der Waals surface area contributed by atoms with E-state index in [1.807, 2.05) is 24.3 Å². The predicted octanol–water partition coefficient (Wildman–Crippen LogP) is 5.96. The Morgan fingerprint density at radius 1 is 1.18 bits per heavy atom. The van der Waals surface area contributed by atoms with Crippen LogP contribution in [0.25, 0.3) is 0 Å². The monoisotopic (exact) mass is 390 g/mol. The number of benzene rings is 2. The van der Waals surface area contributed by atoms with E-state index in [9.17, 15) is 13.2 Å². The Bertz CT molecular complexity index is 714. The zero-order chi connectivity index (χ0) is 16.3. The molecule has 7 heteroatoms. The van der Waals surface area contributed by atoms with E-state index < -0.39 is 11.7 Å². The molecular formula is C15H11BrClF3N2. The van der Waals surface area contributed by atoms with Crippen molar-refractivity contribution in [2.75, 3.05) is 5.43 Å². The summed E-state index contributed by atoms with van der Waals surface area (Å²) < 4.78 is 39.0. The second-order valence-corrected chi connectivity index (χ2v) is 5.83. The topological polar surface area (TPSA) is 24.4 Å². The van der Waals surface area contributed by atoms with E-state index in [0.717, 1.165) is 22.2 Å². The van der Waals surface area contributed by atoms with Crippen LogP contribution in [0.3, 0.4) is 0 Å². The van der Waals surface area contributed by atoms with Crippen molar-refractivity contribution in [3.8, 4) is 0 Å². The van der Waals surface area contributed by atoms with Crippen molar-refractivity contribution in [3.63, 3.8) is 0 Å². The largest absolute Gasteiger partial charge is 0.416 e. The standard InChI is InChI=1S/C15H11BrClF3N2/c1-9(10-3-2-4-12(16)7-10)21-22-14-8-11(15(18,19)20)5-6-13(14)17/h2-8,22H,1H3/b21-9-. The number of halogens is 5. The van der Waals surface area contributed by atoms with Gasteiger partial charge in [-0.05, 0) is 42.8 Å². The van der Waals surface area contributed by atoms with Gasteiger partial charge in [-0.3, -0.25) is 5.43 Å². The molecule has 2 aromatic carbocycles. The maximum atomic E-state index is 12.7. The summed E-state index contributed by atoms with van der Waals surface area (Å²) in [5.74, 6) is 0. The van der Waals surface area contributed by atoms with Crippen LogP contribution in [0, 0.1) is 0 Å². The molecule has 0 saturated heterocycles. The second-order valence-electron chi connectivity index (χ2n) is 4.51. The lowest BCUT2D eigenvalue weighted by atomic mass is 10.1. The summed E-state index contributed by atoms with van der Waals surface area (Å²) in [6.45, 7) is 1.75. The van der Waals surface area contributed by atoms with Crippen LogP contribution in [-0.2, 0) is 6.18 Å². The van der Waals surface area contributed by atoms with Crippen molar-refractivity contribution in [1.29, 1.82) is 0 Å². The average Bonchev–Trinajstić information content (AvgIpc) is 2.44. The Balaban J connectivity index is 2.25. The second kappa shape index (κ2) is 6.71. The molecular weight excluding hydrogens is 381 g/mol. The molecule has 2 nitrogen and oxygen atoms in total. The molecule has 1 N–H and O–H groups in total. The molecule has 0 aliphatic carbocycles.